The molecule has 0 aliphatic carbocycles. The van der Waals surface area contributed by atoms with E-state index in [1.807, 2.05) is 6.07 Å². The van der Waals surface area contributed by atoms with Crippen molar-refractivity contribution in [1.29, 1.82) is 0 Å². The van der Waals surface area contributed by atoms with Gasteiger partial charge in [-0.15, -0.1) is 0 Å². The molecule has 4 rings (SSSR count). The second-order valence-corrected chi connectivity index (χ2v) is 7.20. The van der Waals surface area contributed by atoms with Gasteiger partial charge in [0.05, 0.1) is 16.6 Å². The van der Waals surface area contributed by atoms with Crippen LogP contribution in [0.25, 0.3) is 0 Å². The summed E-state index contributed by atoms with van der Waals surface area (Å²) >= 11 is 5.71. The minimum atomic E-state index is -4.56. The zero-order valence-electron chi connectivity index (χ0n) is 14.0. The number of nitrogens with one attached hydrogen (secondary N) is 1. The summed E-state index contributed by atoms with van der Waals surface area (Å²) in [5.41, 5.74) is 0.669. The number of halogens is 5. The number of anilines is 1. The van der Waals surface area contributed by atoms with Crippen molar-refractivity contribution >= 4 is 23.3 Å². The van der Waals surface area contributed by atoms with Gasteiger partial charge in [-0.3, -0.25) is 0 Å². The Kier molecular flexibility index (Phi) is 4.29. The lowest BCUT2D eigenvalue weighted by atomic mass is 9.93. The van der Waals surface area contributed by atoms with Crippen molar-refractivity contribution in [3.05, 3.63) is 63.9 Å². The molecule has 1 fully saturated rings. The van der Waals surface area contributed by atoms with Gasteiger partial charge in [0.2, 0.25) is 0 Å². The van der Waals surface area contributed by atoms with E-state index in [1.165, 1.54) is 12.1 Å². The van der Waals surface area contributed by atoms with Crippen molar-refractivity contribution in [1.82, 2.24) is 4.90 Å². The number of carbonyl (C=O) groups is 1. The third kappa shape index (κ3) is 3.14. The van der Waals surface area contributed by atoms with Gasteiger partial charge in [-0.1, -0.05) is 23.7 Å². The molecule has 0 unspecified atom stereocenters. The molecule has 2 amide bonds. The summed E-state index contributed by atoms with van der Waals surface area (Å²) in [7, 11) is 0. The number of rotatable bonds is 1. The van der Waals surface area contributed by atoms with Gasteiger partial charge in [0.1, 0.15) is 5.82 Å². The third-order valence-corrected chi connectivity index (χ3v) is 5.53. The Morgan fingerprint density at radius 2 is 1.96 bits per heavy atom. The van der Waals surface area contributed by atoms with Crippen molar-refractivity contribution in [2.45, 2.75) is 37.5 Å². The summed E-state index contributed by atoms with van der Waals surface area (Å²) < 4.78 is 52.5. The minimum absolute atomic E-state index is 0.135. The van der Waals surface area contributed by atoms with Crippen LogP contribution in [0.15, 0.2) is 36.4 Å². The van der Waals surface area contributed by atoms with E-state index >= 15 is 0 Å². The number of nitrogens with zero attached hydrogens (tertiary/aromatic N) is 1. The van der Waals surface area contributed by atoms with E-state index in [9.17, 15) is 22.4 Å². The molecule has 2 heterocycles. The van der Waals surface area contributed by atoms with Crippen LogP contribution in [-0.2, 0) is 12.6 Å². The maximum atomic E-state index is 14.1. The molecule has 3 nitrogen and oxygen atoms in total. The van der Waals surface area contributed by atoms with E-state index in [0.717, 1.165) is 30.5 Å². The van der Waals surface area contributed by atoms with E-state index in [-0.39, 0.29) is 23.6 Å². The summed E-state index contributed by atoms with van der Waals surface area (Å²) in [5.74, 6) is -0.265. The van der Waals surface area contributed by atoms with Crippen LogP contribution in [0.1, 0.15) is 35.6 Å². The van der Waals surface area contributed by atoms with E-state index in [0.29, 0.717) is 12.0 Å². The average Bonchev–Trinajstić information content (AvgIpc) is 2.90. The number of urea groups is 1. The first kappa shape index (κ1) is 18.1. The minimum Gasteiger partial charge on any atom is -0.314 e. The number of hydrogen-bond donors (Lipinski definition) is 1. The standard InChI is InChI=1S/C19H15ClF4N2O/c20-15-8-10(4-6-14(15)19(22,23)24)25-18(27)26-11-5-7-17(26)12-2-1-3-16(21)13(12)9-11/h1-4,6,8,11,17H,5,7,9H2,(H,25,27)/t11-,17+/m1/s1. The largest absolute Gasteiger partial charge is 0.417 e. The Labute approximate surface area is 157 Å². The Morgan fingerprint density at radius 3 is 2.67 bits per heavy atom. The van der Waals surface area contributed by atoms with Gasteiger partial charge in [0.25, 0.3) is 0 Å². The predicted octanol–water partition coefficient (Wildman–Crippen LogP) is 5.79. The molecule has 142 valence electrons. The molecule has 0 spiro atoms. The van der Waals surface area contributed by atoms with Gasteiger partial charge < -0.3 is 10.2 Å². The van der Waals surface area contributed by atoms with Crippen molar-refractivity contribution < 1.29 is 22.4 Å². The Balaban J connectivity index is 1.57. The van der Waals surface area contributed by atoms with Crippen molar-refractivity contribution in [2.75, 3.05) is 5.32 Å². The highest BCUT2D eigenvalue weighted by Crippen LogP contribution is 2.44. The van der Waals surface area contributed by atoms with E-state index < -0.39 is 22.8 Å². The second kappa shape index (κ2) is 6.41. The van der Waals surface area contributed by atoms with E-state index in [4.69, 9.17) is 11.6 Å². The molecule has 0 aromatic heterocycles. The number of amides is 2. The molecule has 27 heavy (non-hydrogen) atoms. The first-order valence-electron chi connectivity index (χ1n) is 8.49. The first-order chi connectivity index (χ1) is 12.8. The van der Waals surface area contributed by atoms with Crippen LogP contribution in [0, 0.1) is 5.82 Å². The van der Waals surface area contributed by atoms with Crippen LogP contribution in [0.4, 0.5) is 28.0 Å². The van der Waals surface area contributed by atoms with Gasteiger partial charge in [0.15, 0.2) is 0 Å². The molecule has 2 atom stereocenters. The van der Waals surface area contributed by atoms with Crippen LogP contribution >= 0.6 is 11.6 Å². The van der Waals surface area contributed by atoms with Gasteiger partial charge in [-0.2, -0.15) is 13.2 Å². The van der Waals surface area contributed by atoms with Crippen LogP contribution in [0.5, 0.6) is 0 Å². The molecule has 2 aliphatic rings. The maximum absolute atomic E-state index is 14.1. The highest BCUT2D eigenvalue weighted by Gasteiger charge is 2.43. The lowest BCUT2D eigenvalue weighted by molar-refractivity contribution is -0.137. The van der Waals surface area contributed by atoms with Crippen LogP contribution < -0.4 is 5.32 Å². The Hall–Kier alpha value is -2.28. The topological polar surface area (TPSA) is 32.3 Å². The van der Waals surface area contributed by atoms with Gasteiger partial charge in [0, 0.05) is 11.7 Å². The molecule has 2 aromatic rings. The van der Waals surface area contributed by atoms with Gasteiger partial charge in [-0.05, 0) is 54.7 Å². The van der Waals surface area contributed by atoms with Gasteiger partial charge >= 0.3 is 12.2 Å². The second-order valence-electron chi connectivity index (χ2n) is 6.79. The summed E-state index contributed by atoms with van der Waals surface area (Å²) in [5, 5.41) is 2.14. The highest BCUT2D eigenvalue weighted by molar-refractivity contribution is 6.31. The first-order valence-corrected chi connectivity index (χ1v) is 8.87. The quantitative estimate of drug-likeness (QED) is 0.606. The van der Waals surface area contributed by atoms with E-state index in [2.05, 4.69) is 5.32 Å². The number of fused-ring (bicyclic) bond motifs is 4. The lowest BCUT2D eigenvalue weighted by Crippen LogP contribution is -2.44. The molecule has 0 saturated carbocycles. The summed E-state index contributed by atoms with van der Waals surface area (Å²) in [6.45, 7) is 0. The van der Waals surface area contributed by atoms with Crippen molar-refractivity contribution in [3.8, 4) is 0 Å². The maximum Gasteiger partial charge on any atom is 0.417 e. The van der Waals surface area contributed by atoms with Gasteiger partial charge in [-0.25, -0.2) is 9.18 Å². The molecule has 2 aromatic carbocycles. The molecular weight excluding hydrogens is 384 g/mol. The fraction of sp³-hybridized carbons (Fsp3) is 0.316. The van der Waals surface area contributed by atoms with Crippen molar-refractivity contribution in [2.24, 2.45) is 0 Å². The SMILES string of the molecule is O=C(Nc1ccc(C(F)(F)F)c(Cl)c1)N1[C@@H]2CC[C@H]1c1cccc(F)c1C2. The Bertz CT molecular complexity index is 915. The molecule has 2 aliphatic heterocycles. The van der Waals surface area contributed by atoms with E-state index in [1.54, 1.807) is 11.0 Å². The normalized spacial score (nSPS) is 21.1. The van der Waals surface area contributed by atoms with Crippen LogP contribution in [0.2, 0.25) is 5.02 Å². The fourth-order valence-corrected chi connectivity index (χ4v) is 4.33. The monoisotopic (exact) mass is 398 g/mol. The molecule has 1 N–H and O–H groups in total. The molecule has 2 bridgehead atoms. The predicted molar refractivity (Wildman–Crippen MR) is 93.2 cm³/mol. The van der Waals surface area contributed by atoms with Crippen LogP contribution in [0.3, 0.4) is 0 Å². The van der Waals surface area contributed by atoms with Crippen molar-refractivity contribution in [3.63, 3.8) is 0 Å². The number of hydrogen-bond acceptors (Lipinski definition) is 1. The average molecular weight is 399 g/mol. The van der Waals surface area contributed by atoms with Crippen LogP contribution in [-0.4, -0.2) is 17.0 Å². The number of carbonyl (C=O) groups excluding carboxylic acids is 1. The summed E-state index contributed by atoms with van der Waals surface area (Å²) in [4.78, 5) is 14.4. The molecule has 8 heteroatoms. The Morgan fingerprint density at radius 1 is 1.19 bits per heavy atom. The fourth-order valence-electron chi connectivity index (χ4n) is 4.05. The summed E-state index contributed by atoms with van der Waals surface area (Å²) in [6.07, 6.45) is -2.65. The molecule has 0 radical (unpaired) electrons. The smallest absolute Gasteiger partial charge is 0.314 e. The summed E-state index contributed by atoms with van der Waals surface area (Å²) in [6, 6.07) is 7.16. The lowest BCUT2D eigenvalue weighted by Gasteiger charge is -2.36. The molecule has 1 saturated heterocycles. The zero-order chi connectivity index (χ0) is 19.3. The third-order valence-electron chi connectivity index (χ3n) is 5.22. The zero-order valence-corrected chi connectivity index (χ0v) is 14.7. The molecular formula is C19H15ClF4N2O. The highest BCUT2D eigenvalue weighted by atomic mass is 35.5. The number of alkyl halides is 3. The number of benzene rings is 2.